The maximum atomic E-state index is 13.7. The second kappa shape index (κ2) is 7.73. The Kier molecular flexibility index (Phi) is 4.63. The largest absolute Gasteiger partial charge is 0.331 e. The van der Waals surface area contributed by atoms with Crippen molar-refractivity contribution >= 4 is 28.7 Å². The van der Waals surface area contributed by atoms with Crippen molar-refractivity contribution < 1.29 is 18.8 Å². The molecule has 3 heterocycles. The summed E-state index contributed by atoms with van der Waals surface area (Å²) >= 11 is 0. The van der Waals surface area contributed by atoms with E-state index in [1.807, 2.05) is 42.5 Å². The number of carbonyl (C=O) groups excluding carboxylic acids is 3. The van der Waals surface area contributed by atoms with Crippen molar-refractivity contribution in [2.75, 3.05) is 6.54 Å². The van der Waals surface area contributed by atoms with Gasteiger partial charge in [-0.05, 0) is 52.6 Å². The minimum absolute atomic E-state index is 0.0826. The highest BCUT2D eigenvalue weighted by molar-refractivity contribution is 6.08. The van der Waals surface area contributed by atoms with Crippen LogP contribution in [0.2, 0.25) is 0 Å². The summed E-state index contributed by atoms with van der Waals surface area (Å²) < 4.78 is 13.7. The van der Waals surface area contributed by atoms with E-state index in [-0.39, 0.29) is 24.6 Å². The highest BCUT2D eigenvalue weighted by Crippen LogP contribution is 2.33. The number of fused-ring (bicyclic) bond motifs is 2. The number of rotatable bonds is 4. The van der Waals surface area contributed by atoms with Crippen molar-refractivity contribution in [3.63, 3.8) is 0 Å². The monoisotopic (exact) mass is 466 g/mol. The lowest BCUT2D eigenvalue weighted by molar-refractivity contribution is -0.124. The van der Waals surface area contributed by atoms with Crippen LogP contribution in [0.15, 0.2) is 79.0 Å². The molecule has 2 aliphatic heterocycles. The summed E-state index contributed by atoms with van der Waals surface area (Å²) in [5.74, 6) is -1.42. The van der Waals surface area contributed by atoms with Gasteiger partial charge >= 0.3 is 6.03 Å². The van der Waals surface area contributed by atoms with Crippen LogP contribution < -0.4 is 10.6 Å². The summed E-state index contributed by atoms with van der Waals surface area (Å²) in [6.07, 6.45) is 1.75. The molecule has 7 nitrogen and oxygen atoms in total. The predicted octanol–water partition coefficient (Wildman–Crippen LogP) is 3.73. The fourth-order valence-electron chi connectivity index (χ4n) is 4.85. The Balaban J connectivity index is 1.34. The van der Waals surface area contributed by atoms with Crippen molar-refractivity contribution in [3.05, 3.63) is 102 Å². The number of hydrogen-bond acceptors (Lipinski definition) is 4. The smallest absolute Gasteiger partial charge is 0.322 e. The van der Waals surface area contributed by atoms with Crippen LogP contribution in [0, 0.1) is 5.82 Å². The average Bonchev–Trinajstić information content (AvgIpc) is 3.33. The lowest BCUT2D eigenvalue weighted by Gasteiger charge is -2.31. The van der Waals surface area contributed by atoms with E-state index < -0.39 is 23.3 Å². The highest BCUT2D eigenvalue weighted by Gasteiger charge is 2.50. The third-order valence-corrected chi connectivity index (χ3v) is 6.63. The number of nitrogens with zero attached hydrogens (tertiary/aromatic N) is 2. The van der Waals surface area contributed by atoms with Crippen molar-refractivity contribution in [1.82, 2.24) is 20.5 Å². The predicted molar refractivity (Wildman–Crippen MR) is 127 cm³/mol. The second-order valence-corrected chi connectivity index (χ2v) is 8.76. The highest BCUT2D eigenvalue weighted by atomic mass is 19.1. The zero-order valence-electron chi connectivity index (χ0n) is 18.4. The summed E-state index contributed by atoms with van der Waals surface area (Å²) in [5.41, 5.74) is 2.84. The van der Waals surface area contributed by atoms with E-state index in [0.29, 0.717) is 11.1 Å². The van der Waals surface area contributed by atoms with Gasteiger partial charge in [0.15, 0.2) is 5.54 Å². The van der Waals surface area contributed by atoms with Gasteiger partial charge in [0.05, 0.1) is 12.1 Å². The Morgan fingerprint density at radius 2 is 1.74 bits per heavy atom. The van der Waals surface area contributed by atoms with Crippen LogP contribution in [0.1, 0.15) is 21.5 Å². The van der Waals surface area contributed by atoms with E-state index in [1.54, 1.807) is 24.4 Å². The number of imide groups is 1. The summed E-state index contributed by atoms with van der Waals surface area (Å²) in [5, 5.41) is 6.04. The fraction of sp³-hybridized carbons (Fsp3) is 0.111. The van der Waals surface area contributed by atoms with Crippen molar-refractivity contribution in [2.45, 2.75) is 12.1 Å². The first-order valence-electron chi connectivity index (χ1n) is 11.1. The Bertz CT molecular complexity index is 1540. The molecule has 3 aromatic carbocycles. The van der Waals surface area contributed by atoms with Crippen LogP contribution in [-0.4, -0.2) is 34.3 Å². The minimum Gasteiger partial charge on any atom is -0.331 e. The molecule has 0 aliphatic carbocycles. The number of benzene rings is 3. The molecule has 35 heavy (non-hydrogen) atoms. The Labute approximate surface area is 199 Å². The van der Waals surface area contributed by atoms with Gasteiger partial charge in [0.2, 0.25) is 0 Å². The van der Waals surface area contributed by atoms with Gasteiger partial charge in [0.25, 0.3) is 11.8 Å². The molecule has 0 saturated carbocycles. The molecular weight excluding hydrogens is 447 g/mol. The van der Waals surface area contributed by atoms with Crippen LogP contribution in [0.5, 0.6) is 0 Å². The maximum Gasteiger partial charge on any atom is 0.322 e. The molecule has 2 aliphatic rings. The molecule has 1 aromatic heterocycles. The Morgan fingerprint density at radius 3 is 2.51 bits per heavy atom. The lowest BCUT2D eigenvalue weighted by Crippen LogP contribution is -2.52. The molecule has 0 unspecified atom stereocenters. The van der Waals surface area contributed by atoms with Gasteiger partial charge in [-0.25, -0.2) is 9.18 Å². The number of halogens is 1. The standard InChI is InChI=1S/C27H19FN4O3/c28-21-9-5-19-14-32(24(33)22(19)13-21)15-27(25(34)30-26(35)31-27)20-7-3-16(4-8-20)17-6-10-23-18(12-17)2-1-11-29-23/h1-13H,14-15H2,(H2,30,31,34,35)/t27-/m0/s1. The van der Waals surface area contributed by atoms with Gasteiger partial charge in [0.1, 0.15) is 5.82 Å². The van der Waals surface area contributed by atoms with Gasteiger partial charge in [-0.15, -0.1) is 0 Å². The molecule has 1 saturated heterocycles. The first-order valence-corrected chi connectivity index (χ1v) is 11.1. The van der Waals surface area contributed by atoms with Crippen LogP contribution in [0.3, 0.4) is 0 Å². The number of nitrogens with one attached hydrogen (secondary N) is 2. The van der Waals surface area contributed by atoms with Crippen molar-refractivity contribution in [2.24, 2.45) is 0 Å². The summed E-state index contributed by atoms with van der Waals surface area (Å²) in [6, 6.07) is 20.6. The molecule has 0 spiro atoms. The number of urea groups is 1. The van der Waals surface area contributed by atoms with Gasteiger partial charge < -0.3 is 10.2 Å². The second-order valence-electron chi connectivity index (χ2n) is 8.76. The zero-order valence-corrected chi connectivity index (χ0v) is 18.4. The topological polar surface area (TPSA) is 91.4 Å². The fourth-order valence-corrected chi connectivity index (χ4v) is 4.85. The molecule has 4 aromatic rings. The number of hydrogen-bond donors (Lipinski definition) is 2. The quantitative estimate of drug-likeness (QED) is 0.449. The molecule has 2 N–H and O–H groups in total. The van der Waals surface area contributed by atoms with Crippen molar-refractivity contribution in [3.8, 4) is 11.1 Å². The number of carbonyl (C=O) groups is 3. The lowest BCUT2D eigenvalue weighted by atomic mass is 9.88. The molecule has 4 amide bonds. The zero-order chi connectivity index (χ0) is 24.2. The first-order chi connectivity index (χ1) is 16.9. The Hall–Kier alpha value is -4.59. The van der Waals surface area contributed by atoms with Crippen LogP contribution in [0.4, 0.5) is 9.18 Å². The van der Waals surface area contributed by atoms with E-state index >= 15 is 0 Å². The third-order valence-electron chi connectivity index (χ3n) is 6.63. The summed E-state index contributed by atoms with van der Waals surface area (Å²) in [4.78, 5) is 44.0. The number of amides is 4. The average molecular weight is 466 g/mol. The van der Waals surface area contributed by atoms with E-state index in [1.165, 1.54) is 17.0 Å². The molecular formula is C27H19FN4O3. The molecule has 8 heteroatoms. The van der Waals surface area contributed by atoms with E-state index in [2.05, 4.69) is 15.6 Å². The van der Waals surface area contributed by atoms with E-state index in [4.69, 9.17) is 0 Å². The van der Waals surface area contributed by atoms with Gasteiger partial charge in [-0.2, -0.15) is 0 Å². The summed E-state index contributed by atoms with van der Waals surface area (Å²) in [7, 11) is 0. The maximum absolute atomic E-state index is 13.7. The SMILES string of the molecule is O=C1NC(=O)[C@](CN2Cc3ccc(F)cc3C2=O)(c2ccc(-c3ccc4ncccc4c3)cc2)N1. The van der Waals surface area contributed by atoms with Gasteiger partial charge in [-0.3, -0.25) is 19.9 Å². The normalized spacial score (nSPS) is 19.1. The number of pyridine rings is 1. The summed E-state index contributed by atoms with van der Waals surface area (Å²) in [6.45, 7) is 0.142. The minimum atomic E-state index is -1.46. The Morgan fingerprint density at radius 1 is 0.943 bits per heavy atom. The van der Waals surface area contributed by atoms with Crippen molar-refractivity contribution in [1.29, 1.82) is 0 Å². The molecule has 172 valence electrons. The molecule has 1 fully saturated rings. The molecule has 0 radical (unpaired) electrons. The van der Waals surface area contributed by atoms with Crippen LogP contribution in [0.25, 0.3) is 22.0 Å². The first kappa shape index (κ1) is 21.0. The van der Waals surface area contributed by atoms with Gasteiger partial charge in [0, 0.05) is 23.7 Å². The number of aromatic nitrogens is 1. The van der Waals surface area contributed by atoms with Crippen LogP contribution >= 0.6 is 0 Å². The molecule has 0 bridgehead atoms. The molecule has 6 rings (SSSR count). The third kappa shape index (κ3) is 3.42. The molecule has 1 atom stereocenters. The van der Waals surface area contributed by atoms with E-state index in [9.17, 15) is 18.8 Å². The van der Waals surface area contributed by atoms with E-state index in [0.717, 1.165) is 22.0 Å². The van der Waals surface area contributed by atoms with Gasteiger partial charge in [-0.1, -0.05) is 42.5 Å². The van der Waals surface area contributed by atoms with Crippen LogP contribution in [-0.2, 0) is 16.9 Å².